The van der Waals surface area contributed by atoms with Crippen molar-refractivity contribution in [3.8, 4) is 0 Å². The second-order valence-corrected chi connectivity index (χ2v) is 7.92. The van der Waals surface area contributed by atoms with Gasteiger partial charge in [-0.15, -0.1) is 10.2 Å². The molecule has 1 unspecified atom stereocenters. The molecule has 18 heavy (non-hydrogen) atoms. The summed E-state index contributed by atoms with van der Waals surface area (Å²) in [6, 6.07) is 0. The fraction of sp³-hybridized carbons (Fsp3) is 0.818. The molecular formula is C11H18ClN3O2S. The second kappa shape index (κ2) is 4.49. The summed E-state index contributed by atoms with van der Waals surface area (Å²) in [5.74, 6) is 0.997. The van der Waals surface area contributed by atoms with Crippen LogP contribution in [0.2, 0.25) is 0 Å². The van der Waals surface area contributed by atoms with Gasteiger partial charge in [-0.25, -0.2) is 8.42 Å². The van der Waals surface area contributed by atoms with Crippen LogP contribution in [0.1, 0.15) is 51.8 Å². The maximum Gasteiger partial charge on any atom is 0.296 e. The van der Waals surface area contributed by atoms with Gasteiger partial charge in [0, 0.05) is 23.1 Å². The summed E-state index contributed by atoms with van der Waals surface area (Å²) in [5.41, 5.74) is 0.132. The van der Waals surface area contributed by atoms with Crippen molar-refractivity contribution in [3.63, 3.8) is 0 Å². The number of nitrogens with zero attached hydrogens (tertiary/aromatic N) is 3. The van der Waals surface area contributed by atoms with Crippen LogP contribution >= 0.6 is 10.7 Å². The molecule has 0 aliphatic heterocycles. The van der Waals surface area contributed by atoms with Crippen LogP contribution in [0.5, 0.6) is 0 Å². The van der Waals surface area contributed by atoms with Gasteiger partial charge in [0.1, 0.15) is 5.82 Å². The zero-order valence-electron chi connectivity index (χ0n) is 10.9. The molecule has 0 N–H and O–H groups in total. The lowest BCUT2D eigenvalue weighted by molar-refractivity contribution is 0.313. The average molecular weight is 292 g/mol. The van der Waals surface area contributed by atoms with Crippen LogP contribution < -0.4 is 0 Å². The van der Waals surface area contributed by atoms with E-state index in [-0.39, 0.29) is 16.5 Å². The molecule has 102 valence electrons. The first-order chi connectivity index (χ1) is 8.27. The summed E-state index contributed by atoms with van der Waals surface area (Å²) < 4.78 is 24.5. The molecule has 1 aromatic rings. The normalized spacial score (nSPS) is 23.4. The van der Waals surface area contributed by atoms with Crippen molar-refractivity contribution < 1.29 is 8.42 Å². The van der Waals surface area contributed by atoms with Gasteiger partial charge in [-0.1, -0.05) is 20.3 Å². The molecular weight excluding hydrogens is 274 g/mol. The maximum absolute atomic E-state index is 11.4. The Morgan fingerprint density at radius 1 is 1.44 bits per heavy atom. The number of halogens is 1. The summed E-state index contributed by atoms with van der Waals surface area (Å²) in [4.78, 5) is 0. The Kier molecular flexibility index (Phi) is 3.44. The van der Waals surface area contributed by atoms with E-state index < -0.39 is 9.05 Å². The van der Waals surface area contributed by atoms with Crippen LogP contribution in [0.4, 0.5) is 0 Å². The van der Waals surface area contributed by atoms with E-state index in [1.807, 2.05) is 6.92 Å². The fourth-order valence-corrected chi connectivity index (χ4v) is 3.81. The molecule has 0 radical (unpaired) electrons. The smallest absolute Gasteiger partial charge is 0.296 e. The van der Waals surface area contributed by atoms with Crippen LogP contribution in [-0.4, -0.2) is 23.2 Å². The van der Waals surface area contributed by atoms with Gasteiger partial charge >= 0.3 is 0 Å². The van der Waals surface area contributed by atoms with Crippen LogP contribution in [0.3, 0.4) is 0 Å². The van der Waals surface area contributed by atoms with Crippen molar-refractivity contribution in [1.82, 2.24) is 14.8 Å². The van der Waals surface area contributed by atoms with Gasteiger partial charge in [0.15, 0.2) is 0 Å². The lowest BCUT2D eigenvalue weighted by Crippen LogP contribution is -2.20. The molecule has 0 spiro atoms. The van der Waals surface area contributed by atoms with Crippen molar-refractivity contribution >= 4 is 19.7 Å². The minimum absolute atomic E-state index is 0.132. The van der Waals surface area contributed by atoms with Crippen LogP contribution in [0.25, 0.3) is 0 Å². The van der Waals surface area contributed by atoms with E-state index in [1.165, 1.54) is 0 Å². The van der Waals surface area contributed by atoms with Gasteiger partial charge in [-0.05, 0) is 25.2 Å². The summed E-state index contributed by atoms with van der Waals surface area (Å²) in [6.07, 6.45) is 3.28. The van der Waals surface area contributed by atoms with Crippen LogP contribution in [0.15, 0.2) is 5.16 Å². The Balaban J connectivity index is 2.50. The van der Waals surface area contributed by atoms with Gasteiger partial charge in [-0.3, -0.25) is 0 Å². The molecule has 2 rings (SSSR count). The highest BCUT2D eigenvalue weighted by atomic mass is 35.7. The van der Waals surface area contributed by atoms with E-state index in [0.29, 0.717) is 6.54 Å². The van der Waals surface area contributed by atoms with Gasteiger partial charge in [0.25, 0.3) is 14.2 Å². The summed E-state index contributed by atoms with van der Waals surface area (Å²) in [6.45, 7) is 6.76. The Labute approximate surface area is 112 Å². The van der Waals surface area contributed by atoms with Crippen LogP contribution in [-0.2, 0) is 15.6 Å². The summed E-state index contributed by atoms with van der Waals surface area (Å²) in [5, 5.41) is 7.71. The molecule has 0 bridgehead atoms. The van der Waals surface area contributed by atoms with Crippen molar-refractivity contribution in [1.29, 1.82) is 0 Å². The average Bonchev–Trinajstić information content (AvgIpc) is 2.78. The van der Waals surface area contributed by atoms with E-state index in [2.05, 4.69) is 24.0 Å². The molecule has 0 amide bonds. The van der Waals surface area contributed by atoms with Crippen molar-refractivity contribution in [2.75, 3.05) is 0 Å². The lowest BCUT2D eigenvalue weighted by Gasteiger charge is -2.26. The molecule has 0 saturated heterocycles. The molecule has 1 aliphatic carbocycles. The number of hydrogen-bond acceptors (Lipinski definition) is 4. The maximum atomic E-state index is 11.4. The largest absolute Gasteiger partial charge is 0.301 e. The van der Waals surface area contributed by atoms with Gasteiger partial charge in [0.05, 0.1) is 0 Å². The first kappa shape index (κ1) is 13.8. The first-order valence-corrected chi connectivity index (χ1v) is 8.46. The third kappa shape index (κ3) is 2.28. The van der Waals surface area contributed by atoms with Crippen LogP contribution in [0, 0.1) is 5.41 Å². The second-order valence-electron chi connectivity index (χ2n) is 5.46. The van der Waals surface area contributed by atoms with E-state index in [0.717, 1.165) is 25.1 Å². The summed E-state index contributed by atoms with van der Waals surface area (Å²) in [7, 11) is 1.55. The summed E-state index contributed by atoms with van der Waals surface area (Å²) >= 11 is 0. The van der Waals surface area contributed by atoms with E-state index in [1.54, 1.807) is 4.57 Å². The quantitative estimate of drug-likeness (QED) is 0.803. The predicted molar refractivity (Wildman–Crippen MR) is 69.1 cm³/mol. The van der Waals surface area contributed by atoms with Gasteiger partial charge in [0.2, 0.25) is 0 Å². The predicted octanol–water partition coefficient (Wildman–Crippen LogP) is 2.52. The van der Waals surface area contributed by atoms with E-state index in [4.69, 9.17) is 10.7 Å². The third-order valence-corrected chi connectivity index (χ3v) is 5.00. The molecule has 5 nitrogen and oxygen atoms in total. The monoisotopic (exact) mass is 291 g/mol. The molecule has 1 saturated carbocycles. The highest BCUT2D eigenvalue weighted by molar-refractivity contribution is 8.13. The highest BCUT2D eigenvalue weighted by Crippen LogP contribution is 2.48. The SMILES string of the molecule is CCn1c(C2CCCC2(C)C)nnc1S(=O)(=O)Cl. The Morgan fingerprint density at radius 2 is 2.11 bits per heavy atom. The molecule has 1 atom stereocenters. The molecule has 0 aromatic carbocycles. The minimum atomic E-state index is -3.83. The molecule has 1 aliphatic rings. The zero-order valence-corrected chi connectivity index (χ0v) is 12.4. The first-order valence-electron chi connectivity index (χ1n) is 6.15. The Morgan fingerprint density at radius 3 is 2.56 bits per heavy atom. The van der Waals surface area contributed by atoms with Crippen molar-refractivity contribution in [2.24, 2.45) is 5.41 Å². The number of hydrogen-bond donors (Lipinski definition) is 0. The van der Waals surface area contributed by atoms with Gasteiger partial charge < -0.3 is 4.57 Å². The lowest BCUT2D eigenvalue weighted by atomic mass is 9.81. The zero-order chi connectivity index (χ0) is 13.6. The molecule has 7 heteroatoms. The fourth-order valence-electron chi connectivity index (χ4n) is 2.84. The number of rotatable bonds is 3. The van der Waals surface area contributed by atoms with Gasteiger partial charge in [-0.2, -0.15) is 0 Å². The molecule has 1 fully saturated rings. The highest BCUT2D eigenvalue weighted by Gasteiger charge is 2.39. The third-order valence-electron chi connectivity index (χ3n) is 3.85. The standard InChI is InChI=1S/C11H18ClN3O2S/c1-4-15-9(8-6-5-7-11(8,2)3)13-14-10(15)18(12,16)17/h8H,4-7H2,1-3H3. The van der Waals surface area contributed by atoms with Crippen molar-refractivity contribution in [3.05, 3.63) is 5.82 Å². The van der Waals surface area contributed by atoms with Crippen molar-refractivity contribution in [2.45, 2.75) is 57.7 Å². The number of aromatic nitrogens is 3. The minimum Gasteiger partial charge on any atom is -0.301 e. The Bertz CT molecular complexity index is 551. The van der Waals surface area contributed by atoms with E-state index >= 15 is 0 Å². The molecule has 1 heterocycles. The Hall–Kier alpha value is -0.620. The van der Waals surface area contributed by atoms with E-state index in [9.17, 15) is 8.42 Å². The molecule has 1 aromatic heterocycles. The topological polar surface area (TPSA) is 64.8 Å².